The van der Waals surface area contributed by atoms with Crippen LogP contribution in [0, 0.1) is 13.8 Å². The van der Waals surface area contributed by atoms with E-state index in [1.807, 2.05) is 31.5 Å². The third-order valence-electron chi connectivity index (χ3n) is 3.66. The molecule has 0 spiro atoms. The first-order valence-electron chi connectivity index (χ1n) is 8.02. The summed E-state index contributed by atoms with van der Waals surface area (Å²) in [4.78, 5) is 10.4. The lowest BCUT2D eigenvalue weighted by Crippen LogP contribution is -2.36. The van der Waals surface area contributed by atoms with Crippen molar-refractivity contribution in [2.24, 2.45) is 4.99 Å². The molecule has 0 unspecified atom stereocenters. The highest BCUT2D eigenvalue weighted by Crippen LogP contribution is 2.17. The van der Waals surface area contributed by atoms with E-state index >= 15 is 0 Å². The van der Waals surface area contributed by atoms with Gasteiger partial charge in [-0.15, -0.1) is 11.3 Å². The van der Waals surface area contributed by atoms with Crippen LogP contribution in [-0.2, 0) is 22.9 Å². The molecule has 2 aromatic rings. The summed E-state index contributed by atoms with van der Waals surface area (Å²) in [6.07, 6.45) is 1.22. The number of sulfone groups is 1. The van der Waals surface area contributed by atoms with Gasteiger partial charge in [0.15, 0.2) is 15.8 Å². The number of aromatic nitrogens is 1. The van der Waals surface area contributed by atoms with Crippen molar-refractivity contribution in [3.63, 3.8) is 0 Å². The van der Waals surface area contributed by atoms with E-state index in [1.54, 1.807) is 24.3 Å². The predicted octanol–water partition coefficient (Wildman–Crippen LogP) is 2.42. The van der Waals surface area contributed by atoms with Gasteiger partial charge in [0.25, 0.3) is 0 Å². The van der Waals surface area contributed by atoms with Gasteiger partial charge in [0, 0.05) is 17.7 Å². The van der Waals surface area contributed by atoms with Gasteiger partial charge in [-0.2, -0.15) is 0 Å². The first-order chi connectivity index (χ1) is 11.8. The molecule has 8 heteroatoms. The Morgan fingerprint density at radius 2 is 2.04 bits per heavy atom. The molecule has 0 radical (unpaired) electrons. The van der Waals surface area contributed by atoms with Crippen molar-refractivity contribution in [2.75, 3.05) is 12.8 Å². The smallest absolute Gasteiger partial charge is 0.191 e. The van der Waals surface area contributed by atoms with Gasteiger partial charge in [-0.1, -0.05) is 12.1 Å². The van der Waals surface area contributed by atoms with Gasteiger partial charge in [-0.3, -0.25) is 0 Å². The minimum atomic E-state index is -3.19. The summed E-state index contributed by atoms with van der Waals surface area (Å²) in [6.45, 7) is 7.72. The van der Waals surface area contributed by atoms with Gasteiger partial charge in [-0.25, -0.2) is 18.4 Å². The van der Waals surface area contributed by atoms with E-state index in [0.29, 0.717) is 18.0 Å². The van der Waals surface area contributed by atoms with Crippen LogP contribution < -0.4 is 10.6 Å². The van der Waals surface area contributed by atoms with Gasteiger partial charge in [0.1, 0.15) is 0 Å². The Labute approximate surface area is 153 Å². The number of rotatable bonds is 6. The van der Waals surface area contributed by atoms with Crippen LogP contribution in [0.3, 0.4) is 0 Å². The van der Waals surface area contributed by atoms with Crippen molar-refractivity contribution in [3.8, 4) is 0 Å². The van der Waals surface area contributed by atoms with Gasteiger partial charge in [0.2, 0.25) is 0 Å². The molecule has 0 bridgehead atoms. The van der Waals surface area contributed by atoms with E-state index in [1.165, 1.54) is 11.1 Å². The molecule has 25 heavy (non-hydrogen) atoms. The molecule has 2 rings (SSSR count). The van der Waals surface area contributed by atoms with Crippen molar-refractivity contribution in [2.45, 2.75) is 38.8 Å². The van der Waals surface area contributed by atoms with Crippen LogP contribution >= 0.6 is 11.3 Å². The highest BCUT2D eigenvalue weighted by atomic mass is 32.2. The highest BCUT2D eigenvalue weighted by molar-refractivity contribution is 7.90. The fourth-order valence-corrected chi connectivity index (χ4v) is 4.07. The minimum Gasteiger partial charge on any atom is -0.357 e. The first kappa shape index (κ1) is 19.4. The van der Waals surface area contributed by atoms with E-state index in [9.17, 15) is 8.42 Å². The Balaban J connectivity index is 2.08. The highest BCUT2D eigenvalue weighted by Gasteiger charge is 2.10. The lowest BCUT2D eigenvalue weighted by atomic mass is 10.1. The number of benzene rings is 1. The number of hydrogen-bond acceptors (Lipinski definition) is 5. The lowest BCUT2D eigenvalue weighted by molar-refractivity contribution is 0.601. The molecular weight excluding hydrogens is 356 g/mol. The second-order valence-corrected chi connectivity index (χ2v) is 8.71. The maximum Gasteiger partial charge on any atom is 0.191 e. The molecule has 0 amide bonds. The Hall–Kier alpha value is -1.93. The standard InChI is InChI=1S/C17H24N4O2S2/c1-5-18-17(20-10-15-13(3)21-11-24-15)19-9-14-6-7-16(12(2)8-14)25(4,22)23/h6-8,11H,5,9-10H2,1-4H3,(H2,18,19,20). The molecule has 0 saturated heterocycles. The van der Waals surface area contributed by atoms with Crippen molar-refractivity contribution >= 4 is 27.1 Å². The van der Waals surface area contributed by atoms with Crippen molar-refractivity contribution in [3.05, 3.63) is 45.4 Å². The number of hydrogen-bond donors (Lipinski definition) is 2. The minimum absolute atomic E-state index is 0.367. The maximum atomic E-state index is 11.7. The van der Waals surface area contributed by atoms with Crippen LogP contribution in [0.4, 0.5) is 0 Å². The number of nitrogens with zero attached hydrogens (tertiary/aromatic N) is 2. The number of guanidine groups is 1. The normalized spacial score (nSPS) is 12.2. The van der Waals surface area contributed by atoms with E-state index < -0.39 is 9.84 Å². The molecule has 0 saturated carbocycles. The Kier molecular flexibility index (Phi) is 6.55. The molecule has 1 aromatic heterocycles. The lowest BCUT2D eigenvalue weighted by Gasteiger charge is -2.11. The number of aliphatic imine (C=N–C) groups is 1. The molecule has 1 heterocycles. The molecule has 0 atom stereocenters. The van der Waals surface area contributed by atoms with Crippen molar-refractivity contribution in [1.29, 1.82) is 0 Å². The van der Waals surface area contributed by atoms with Crippen LogP contribution in [0.5, 0.6) is 0 Å². The third kappa shape index (κ3) is 5.54. The molecule has 2 N–H and O–H groups in total. The van der Waals surface area contributed by atoms with Crippen LogP contribution in [0.15, 0.2) is 33.6 Å². The summed E-state index contributed by atoms with van der Waals surface area (Å²) in [6, 6.07) is 5.33. The summed E-state index contributed by atoms with van der Waals surface area (Å²) < 4.78 is 23.4. The summed E-state index contributed by atoms with van der Waals surface area (Å²) in [7, 11) is -3.19. The van der Waals surface area contributed by atoms with Gasteiger partial charge in [0.05, 0.1) is 29.2 Å². The zero-order valence-corrected chi connectivity index (χ0v) is 16.6. The van der Waals surface area contributed by atoms with Gasteiger partial charge < -0.3 is 10.6 Å². The topological polar surface area (TPSA) is 83.5 Å². The summed E-state index contributed by atoms with van der Waals surface area (Å²) >= 11 is 1.62. The van der Waals surface area contributed by atoms with Crippen LogP contribution in [0.1, 0.15) is 28.6 Å². The number of nitrogens with one attached hydrogen (secondary N) is 2. The molecule has 6 nitrogen and oxygen atoms in total. The van der Waals surface area contributed by atoms with Crippen LogP contribution in [-0.4, -0.2) is 32.2 Å². The summed E-state index contributed by atoms with van der Waals surface area (Å²) in [5.41, 5.74) is 4.58. The summed E-state index contributed by atoms with van der Waals surface area (Å²) in [5, 5.41) is 6.51. The Morgan fingerprint density at radius 3 is 2.60 bits per heavy atom. The molecular formula is C17H24N4O2S2. The van der Waals surface area contributed by atoms with E-state index in [4.69, 9.17) is 0 Å². The fraction of sp³-hybridized carbons (Fsp3) is 0.412. The Morgan fingerprint density at radius 1 is 1.28 bits per heavy atom. The van der Waals surface area contributed by atoms with E-state index in [0.717, 1.165) is 29.3 Å². The average molecular weight is 381 g/mol. The second kappa shape index (κ2) is 8.44. The monoisotopic (exact) mass is 380 g/mol. The molecule has 1 aromatic carbocycles. The third-order valence-corrected chi connectivity index (χ3v) is 5.86. The Bertz CT molecular complexity index is 857. The van der Waals surface area contributed by atoms with Crippen LogP contribution in [0.25, 0.3) is 0 Å². The summed E-state index contributed by atoms with van der Waals surface area (Å²) in [5.74, 6) is 0.722. The zero-order valence-electron chi connectivity index (χ0n) is 15.0. The van der Waals surface area contributed by atoms with Crippen molar-refractivity contribution < 1.29 is 8.42 Å². The second-order valence-electron chi connectivity index (χ2n) is 5.78. The average Bonchev–Trinajstić information content (AvgIpc) is 2.94. The number of thiazole rings is 1. The van der Waals surface area contributed by atoms with Gasteiger partial charge in [-0.05, 0) is 38.0 Å². The molecule has 0 aliphatic rings. The predicted molar refractivity (Wildman–Crippen MR) is 103 cm³/mol. The van der Waals surface area contributed by atoms with Crippen molar-refractivity contribution in [1.82, 2.24) is 15.6 Å². The van der Waals surface area contributed by atoms with Gasteiger partial charge >= 0.3 is 0 Å². The maximum absolute atomic E-state index is 11.7. The van der Waals surface area contributed by atoms with E-state index in [-0.39, 0.29) is 0 Å². The molecule has 136 valence electrons. The number of aryl methyl sites for hydroxylation is 2. The largest absolute Gasteiger partial charge is 0.357 e. The molecule has 0 aliphatic heterocycles. The molecule has 0 fully saturated rings. The quantitative estimate of drug-likeness (QED) is 0.594. The van der Waals surface area contributed by atoms with E-state index in [2.05, 4.69) is 20.6 Å². The first-order valence-corrected chi connectivity index (χ1v) is 10.8. The zero-order chi connectivity index (χ0) is 18.4. The van der Waals surface area contributed by atoms with Crippen LogP contribution in [0.2, 0.25) is 0 Å². The molecule has 0 aliphatic carbocycles. The fourth-order valence-electron chi connectivity index (χ4n) is 2.40. The SMILES string of the molecule is CCNC(=NCc1ccc(S(C)(=O)=O)c(C)c1)NCc1scnc1C.